The molecule has 1 unspecified atom stereocenters. The first-order chi connectivity index (χ1) is 13.2. The molecular weight excluding hydrogens is 380 g/mol. The van der Waals surface area contributed by atoms with Crippen LogP contribution in [0.15, 0.2) is 10.9 Å². The van der Waals surface area contributed by atoms with Crippen molar-refractivity contribution in [3.63, 3.8) is 0 Å². The maximum atomic E-state index is 12.4. The highest BCUT2D eigenvalue weighted by Gasteiger charge is 2.23. The SMILES string of the molecule is Cc1nnc(NCC2CCCCN2CCn2nc3c(cc2=O)CSCC3)s1. The molecule has 7 nitrogen and oxygen atoms in total. The third-order valence-corrected chi connectivity index (χ3v) is 7.07. The zero-order valence-corrected chi connectivity index (χ0v) is 17.3. The molecule has 0 spiro atoms. The number of nitrogens with one attached hydrogen (secondary N) is 1. The van der Waals surface area contributed by atoms with Gasteiger partial charge in [0, 0.05) is 37.4 Å². The van der Waals surface area contributed by atoms with E-state index in [4.69, 9.17) is 0 Å². The summed E-state index contributed by atoms with van der Waals surface area (Å²) in [5, 5.41) is 18.2. The van der Waals surface area contributed by atoms with E-state index in [2.05, 4.69) is 25.5 Å². The van der Waals surface area contributed by atoms with Gasteiger partial charge in [-0.3, -0.25) is 9.69 Å². The van der Waals surface area contributed by atoms with Crippen LogP contribution in [0.25, 0.3) is 0 Å². The highest BCUT2D eigenvalue weighted by atomic mass is 32.2. The molecule has 0 aliphatic carbocycles. The van der Waals surface area contributed by atoms with Crippen molar-refractivity contribution in [2.75, 3.05) is 30.7 Å². The number of piperidine rings is 1. The molecular formula is C18H26N6OS2. The van der Waals surface area contributed by atoms with E-state index in [-0.39, 0.29) is 5.56 Å². The molecule has 2 aliphatic heterocycles. The molecule has 2 aromatic rings. The van der Waals surface area contributed by atoms with E-state index in [0.717, 1.165) is 59.0 Å². The number of hydrogen-bond donors (Lipinski definition) is 1. The Kier molecular flexibility index (Phi) is 6.09. The van der Waals surface area contributed by atoms with Crippen molar-refractivity contribution >= 4 is 28.2 Å². The summed E-state index contributed by atoms with van der Waals surface area (Å²) >= 11 is 3.48. The van der Waals surface area contributed by atoms with Gasteiger partial charge >= 0.3 is 0 Å². The van der Waals surface area contributed by atoms with Crippen molar-refractivity contribution in [1.29, 1.82) is 0 Å². The number of hydrogen-bond acceptors (Lipinski definition) is 8. The van der Waals surface area contributed by atoms with Crippen LogP contribution in [0.4, 0.5) is 5.13 Å². The van der Waals surface area contributed by atoms with Crippen LogP contribution in [0.5, 0.6) is 0 Å². The van der Waals surface area contributed by atoms with Crippen molar-refractivity contribution in [2.45, 2.75) is 50.9 Å². The predicted molar refractivity (Wildman–Crippen MR) is 111 cm³/mol. The first kappa shape index (κ1) is 18.9. The molecule has 1 N–H and O–H groups in total. The van der Waals surface area contributed by atoms with Gasteiger partial charge in [0.25, 0.3) is 5.56 Å². The fourth-order valence-electron chi connectivity index (χ4n) is 3.79. The second-order valence-corrected chi connectivity index (χ2v) is 9.46. The zero-order chi connectivity index (χ0) is 18.6. The molecule has 2 aliphatic rings. The minimum absolute atomic E-state index is 0.0345. The molecule has 0 aromatic carbocycles. The minimum Gasteiger partial charge on any atom is -0.359 e. The Morgan fingerprint density at radius 1 is 1.30 bits per heavy atom. The topological polar surface area (TPSA) is 75.9 Å². The summed E-state index contributed by atoms with van der Waals surface area (Å²) in [7, 11) is 0. The minimum atomic E-state index is 0.0345. The largest absolute Gasteiger partial charge is 0.359 e. The smallest absolute Gasteiger partial charge is 0.267 e. The molecule has 4 rings (SSSR count). The van der Waals surface area contributed by atoms with Crippen LogP contribution in [0.1, 0.15) is 35.5 Å². The second kappa shape index (κ2) is 8.70. The van der Waals surface area contributed by atoms with Crippen LogP contribution in [0.2, 0.25) is 0 Å². The summed E-state index contributed by atoms with van der Waals surface area (Å²) < 4.78 is 1.67. The summed E-state index contributed by atoms with van der Waals surface area (Å²) in [6, 6.07) is 2.26. The number of aromatic nitrogens is 4. The lowest BCUT2D eigenvalue weighted by molar-refractivity contribution is 0.148. The number of likely N-dealkylation sites (tertiary alicyclic amines) is 1. The molecule has 1 atom stereocenters. The van der Waals surface area contributed by atoms with Gasteiger partial charge in [-0.1, -0.05) is 17.8 Å². The molecule has 2 aromatic heterocycles. The van der Waals surface area contributed by atoms with Crippen molar-refractivity contribution in [3.8, 4) is 0 Å². The first-order valence-electron chi connectivity index (χ1n) is 9.65. The fraction of sp³-hybridized carbons (Fsp3) is 0.667. The number of anilines is 1. The third-order valence-electron chi connectivity index (χ3n) is 5.27. The van der Waals surface area contributed by atoms with Gasteiger partial charge in [-0.15, -0.1) is 10.2 Å². The van der Waals surface area contributed by atoms with Crippen molar-refractivity contribution in [1.82, 2.24) is 24.9 Å². The molecule has 9 heteroatoms. The van der Waals surface area contributed by atoms with Gasteiger partial charge in [0.1, 0.15) is 5.01 Å². The van der Waals surface area contributed by atoms with Crippen LogP contribution in [-0.4, -0.2) is 56.3 Å². The van der Waals surface area contributed by atoms with Crippen molar-refractivity contribution in [2.24, 2.45) is 0 Å². The lowest BCUT2D eigenvalue weighted by Crippen LogP contribution is -2.45. The molecule has 1 fully saturated rings. The number of fused-ring (bicyclic) bond motifs is 1. The summed E-state index contributed by atoms with van der Waals surface area (Å²) in [5.41, 5.74) is 2.27. The van der Waals surface area contributed by atoms with Gasteiger partial charge in [-0.2, -0.15) is 16.9 Å². The third kappa shape index (κ3) is 4.70. The van der Waals surface area contributed by atoms with E-state index in [1.165, 1.54) is 19.3 Å². The van der Waals surface area contributed by atoms with E-state index in [1.54, 1.807) is 22.1 Å². The van der Waals surface area contributed by atoms with Crippen LogP contribution in [0, 0.1) is 6.92 Å². The average Bonchev–Trinajstić information content (AvgIpc) is 3.10. The lowest BCUT2D eigenvalue weighted by Gasteiger charge is -2.35. The van der Waals surface area contributed by atoms with Crippen LogP contribution in [0.3, 0.4) is 0 Å². The van der Waals surface area contributed by atoms with Gasteiger partial charge in [0.05, 0.1) is 12.2 Å². The quantitative estimate of drug-likeness (QED) is 0.788. The number of thioether (sulfide) groups is 1. The van der Waals surface area contributed by atoms with Crippen molar-refractivity contribution < 1.29 is 0 Å². The van der Waals surface area contributed by atoms with Gasteiger partial charge in [0.2, 0.25) is 5.13 Å². The molecule has 27 heavy (non-hydrogen) atoms. The highest BCUT2D eigenvalue weighted by Crippen LogP contribution is 2.22. The van der Waals surface area contributed by atoms with Gasteiger partial charge in [-0.05, 0) is 37.6 Å². The molecule has 1 saturated heterocycles. The molecule has 0 bridgehead atoms. The van der Waals surface area contributed by atoms with E-state index < -0.39 is 0 Å². The Balaban J connectivity index is 1.37. The molecule has 0 saturated carbocycles. The maximum absolute atomic E-state index is 12.4. The number of nitrogens with zero attached hydrogens (tertiary/aromatic N) is 5. The predicted octanol–water partition coefficient (Wildman–Crippen LogP) is 2.16. The second-order valence-electron chi connectivity index (χ2n) is 7.17. The van der Waals surface area contributed by atoms with Crippen LogP contribution < -0.4 is 10.9 Å². The van der Waals surface area contributed by atoms with Gasteiger partial charge in [-0.25, -0.2) is 4.68 Å². The average molecular weight is 407 g/mol. The van der Waals surface area contributed by atoms with Gasteiger partial charge in [0.15, 0.2) is 0 Å². The Morgan fingerprint density at radius 2 is 2.22 bits per heavy atom. The normalized spacial score (nSPS) is 20.4. The van der Waals surface area contributed by atoms with Crippen molar-refractivity contribution in [3.05, 3.63) is 32.7 Å². The monoisotopic (exact) mass is 406 g/mol. The van der Waals surface area contributed by atoms with Crippen LogP contribution >= 0.6 is 23.1 Å². The number of aryl methyl sites for hydroxylation is 2. The standard InChI is InChI=1S/C18H26N6OS2/c1-13-20-21-18(27-13)19-11-15-4-2-3-6-23(15)7-8-24-17(25)10-14-12-26-9-5-16(14)22-24/h10,15H,2-9,11-12H2,1H3,(H,19,21). The summed E-state index contributed by atoms with van der Waals surface area (Å²) in [4.78, 5) is 14.9. The highest BCUT2D eigenvalue weighted by molar-refractivity contribution is 7.98. The summed E-state index contributed by atoms with van der Waals surface area (Å²) in [6.45, 7) is 5.45. The molecule has 0 radical (unpaired) electrons. The van der Waals surface area contributed by atoms with Crippen LogP contribution in [-0.2, 0) is 18.7 Å². The number of rotatable bonds is 6. The molecule has 0 amide bonds. The fourth-order valence-corrected chi connectivity index (χ4v) is 5.35. The summed E-state index contributed by atoms with van der Waals surface area (Å²) in [5.74, 6) is 2.02. The van der Waals surface area contributed by atoms with E-state index in [1.807, 2.05) is 18.7 Å². The lowest BCUT2D eigenvalue weighted by atomic mass is 10.0. The van der Waals surface area contributed by atoms with E-state index in [0.29, 0.717) is 12.6 Å². The Morgan fingerprint density at radius 3 is 3.07 bits per heavy atom. The first-order valence-corrected chi connectivity index (χ1v) is 11.6. The Labute approximate surface area is 167 Å². The Bertz CT molecular complexity index is 835. The zero-order valence-electron chi connectivity index (χ0n) is 15.7. The Hall–Kier alpha value is -1.45. The maximum Gasteiger partial charge on any atom is 0.267 e. The summed E-state index contributed by atoms with van der Waals surface area (Å²) in [6.07, 6.45) is 4.62. The molecule has 4 heterocycles. The van der Waals surface area contributed by atoms with E-state index >= 15 is 0 Å². The molecule has 146 valence electrons. The van der Waals surface area contributed by atoms with E-state index in [9.17, 15) is 4.79 Å². The van der Waals surface area contributed by atoms with Gasteiger partial charge < -0.3 is 5.32 Å².